The van der Waals surface area contributed by atoms with Crippen LogP contribution in [0.1, 0.15) is 82.4 Å². The molecule has 5 rings (SSSR count). The molecule has 4 heterocycles. The molecule has 0 saturated carbocycles. The van der Waals surface area contributed by atoms with Crippen molar-refractivity contribution in [3.8, 4) is 28.1 Å². The van der Waals surface area contributed by atoms with Gasteiger partial charge in [-0.1, -0.05) is 20.8 Å². The van der Waals surface area contributed by atoms with E-state index in [0.29, 0.717) is 31.0 Å². The van der Waals surface area contributed by atoms with Crippen molar-refractivity contribution in [2.75, 3.05) is 20.2 Å². The number of pyridine rings is 1. The van der Waals surface area contributed by atoms with Crippen molar-refractivity contribution in [3.05, 3.63) is 58.1 Å². The smallest absolute Gasteiger partial charge is 0.410 e. The number of benzene rings is 1. The standard InChI is InChI=1S/C32H40N4O6/c1-31(2,3)28-13-19-12-23(27(41-7)14-22(19)25-15-26(37)24(29(38)39)18-35(25)28)20-16-33-36(17-20)21-8-10-34(11-9-21)30(40)42-32(4,5)6/h12,14-18,21,28H,8-11,13H2,1-7H3,(H,38,39). The summed E-state index contributed by atoms with van der Waals surface area (Å²) >= 11 is 0. The number of piperidine rings is 1. The molecule has 0 spiro atoms. The Hall–Kier alpha value is -4.08. The number of nitrogens with zero attached hydrogens (tertiary/aromatic N) is 4. The Morgan fingerprint density at radius 2 is 1.69 bits per heavy atom. The van der Waals surface area contributed by atoms with E-state index in [4.69, 9.17) is 9.47 Å². The van der Waals surface area contributed by atoms with Gasteiger partial charge in [-0.3, -0.25) is 9.48 Å². The van der Waals surface area contributed by atoms with Gasteiger partial charge in [0.1, 0.15) is 16.9 Å². The van der Waals surface area contributed by atoms with E-state index >= 15 is 0 Å². The first-order valence-electron chi connectivity index (χ1n) is 14.4. The van der Waals surface area contributed by atoms with Crippen molar-refractivity contribution in [2.45, 2.75) is 78.5 Å². The predicted molar refractivity (Wildman–Crippen MR) is 159 cm³/mol. The number of carboxylic acids is 1. The van der Waals surface area contributed by atoms with E-state index in [0.717, 1.165) is 35.1 Å². The molecule has 2 aromatic heterocycles. The number of carboxylic acid groups (broad SMARTS) is 1. The van der Waals surface area contributed by atoms with Gasteiger partial charge in [0, 0.05) is 54.3 Å². The molecule has 1 unspecified atom stereocenters. The van der Waals surface area contributed by atoms with Crippen molar-refractivity contribution >= 4 is 12.1 Å². The summed E-state index contributed by atoms with van der Waals surface area (Å²) in [4.78, 5) is 38.7. The number of amides is 1. The average Bonchev–Trinajstić information content (AvgIpc) is 3.40. The Morgan fingerprint density at radius 3 is 2.29 bits per heavy atom. The van der Waals surface area contributed by atoms with E-state index in [2.05, 4.69) is 31.9 Å². The van der Waals surface area contributed by atoms with E-state index in [1.165, 1.54) is 12.3 Å². The summed E-state index contributed by atoms with van der Waals surface area (Å²) < 4.78 is 15.3. The molecule has 1 aromatic carbocycles. The Kier molecular flexibility index (Phi) is 7.45. The first-order chi connectivity index (χ1) is 19.7. The van der Waals surface area contributed by atoms with Gasteiger partial charge in [-0.2, -0.15) is 5.10 Å². The van der Waals surface area contributed by atoms with Crippen molar-refractivity contribution in [2.24, 2.45) is 5.41 Å². The highest BCUT2D eigenvalue weighted by atomic mass is 16.6. The highest BCUT2D eigenvalue weighted by Gasteiger charge is 2.34. The van der Waals surface area contributed by atoms with Gasteiger partial charge in [0.15, 0.2) is 5.43 Å². The maximum absolute atomic E-state index is 12.7. The predicted octanol–water partition coefficient (Wildman–Crippen LogP) is 5.80. The second-order valence-corrected chi connectivity index (χ2v) is 13.4. The van der Waals surface area contributed by atoms with Gasteiger partial charge in [0.2, 0.25) is 0 Å². The third kappa shape index (κ3) is 5.67. The summed E-state index contributed by atoms with van der Waals surface area (Å²) in [5.74, 6) is -0.585. The Balaban J connectivity index is 1.46. The molecule has 224 valence electrons. The second kappa shape index (κ2) is 10.6. The number of hydrogen-bond donors (Lipinski definition) is 1. The minimum Gasteiger partial charge on any atom is -0.496 e. The van der Waals surface area contributed by atoms with Gasteiger partial charge in [-0.25, -0.2) is 9.59 Å². The van der Waals surface area contributed by atoms with Crippen molar-refractivity contribution in [1.29, 1.82) is 0 Å². The second-order valence-electron chi connectivity index (χ2n) is 13.4. The minimum absolute atomic E-state index is 0.0576. The molecule has 0 bridgehead atoms. The SMILES string of the molecule is COc1cc2c(cc1-c1cnn(C3CCN(C(=O)OC(C)(C)C)CC3)c1)CC(C(C)(C)C)n1cc(C(=O)O)c(=O)cc1-2. The molecule has 42 heavy (non-hydrogen) atoms. The van der Waals surface area contributed by atoms with Gasteiger partial charge >= 0.3 is 12.1 Å². The Bertz CT molecular complexity index is 1580. The third-order valence-electron chi connectivity index (χ3n) is 8.16. The molecular formula is C32H40N4O6. The van der Waals surface area contributed by atoms with E-state index in [9.17, 15) is 19.5 Å². The quantitative estimate of drug-likeness (QED) is 0.417. The molecule has 1 amide bonds. The number of likely N-dealkylation sites (tertiary alicyclic amines) is 1. The number of carbonyl (C=O) groups excluding carboxylic acids is 1. The van der Waals surface area contributed by atoms with Crippen LogP contribution in [0.3, 0.4) is 0 Å². The first-order valence-corrected chi connectivity index (χ1v) is 14.4. The van der Waals surface area contributed by atoms with Gasteiger partial charge < -0.3 is 24.0 Å². The number of carbonyl (C=O) groups is 2. The molecule has 1 fully saturated rings. The zero-order chi connectivity index (χ0) is 30.6. The molecule has 3 aromatic rings. The summed E-state index contributed by atoms with van der Waals surface area (Å²) in [5, 5.41) is 14.3. The molecule has 10 nitrogen and oxygen atoms in total. The van der Waals surface area contributed by atoms with Crippen LogP contribution in [0, 0.1) is 5.41 Å². The summed E-state index contributed by atoms with van der Waals surface area (Å²) in [7, 11) is 1.61. The molecule has 1 atom stereocenters. The lowest BCUT2D eigenvalue weighted by Crippen LogP contribution is -2.42. The molecule has 2 aliphatic rings. The number of aromatic nitrogens is 3. The van der Waals surface area contributed by atoms with Crippen molar-refractivity contribution < 1.29 is 24.2 Å². The van der Waals surface area contributed by atoms with E-state index in [1.54, 1.807) is 12.0 Å². The van der Waals surface area contributed by atoms with Gasteiger partial charge in [0.25, 0.3) is 0 Å². The lowest BCUT2D eigenvalue weighted by molar-refractivity contribution is 0.0184. The minimum atomic E-state index is -1.23. The van der Waals surface area contributed by atoms with Crippen LogP contribution >= 0.6 is 0 Å². The maximum Gasteiger partial charge on any atom is 0.410 e. The molecule has 0 radical (unpaired) electrons. The van der Waals surface area contributed by atoms with Gasteiger partial charge in [-0.05, 0) is 63.1 Å². The van der Waals surface area contributed by atoms with Crippen LogP contribution in [-0.2, 0) is 11.2 Å². The van der Waals surface area contributed by atoms with Crippen LogP contribution < -0.4 is 10.2 Å². The summed E-state index contributed by atoms with van der Waals surface area (Å²) in [6, 6.07) is 5.58. The van der Waals surface area contributed by atoms with Crippen LogP contribution in [-0.4, -0.2) is 62.2 Å². The average molecular weight is 577 g/mol. The summed E-state index contributed by atoms with van der Waals surface area (Å²) in [6.45, 7) is 13.2. The fourth-order valence-corrected chi connectivity index (χ4v) is 5.96. The van der Waals surface area contributed by atoms with Crippen molar-refractivity contribution in [1.82, 2.24) is 19.2 Å². The third-order valence-corrected chi connectivity index (χ3v) is 8.16. The van der Waals surface area contributed by atoms with Crippen LogP contribution in [0.2, 0.25) is 0 Å². The van der Waals surface area contributed by atoms with Crippen molar-refractivity contribution in [3.63, 3.8) is 0 Å². The zero-order valence-electron chi connectivity index (χ0n) is 25.4. The molecule has 1 N–H and O–H groups in total. The number of fused-ring (bicyclic) bond motifs is 3. The fraction of sp³-hybridized carbons (Fsp3) is 0.500. The lowest BCUT2D eigenvalue weighted by Gasteiger charge is -2.39. The number of hydrogen-bond acceptors (Lipinski definition) is 6. The summed E-state index contributed by atoms with van der Waals surface area (Å²) in [5.41, 5.74) is 2.95. The van der Waals surface area contributed by atoms with Gasteiger partial charge in [-0.15, -0.1) is 0 Å². The Morgan fingerprint density at radius 1 is 1.00 bits per heavy atom. The lowest BCUT2D eigenvalue weighted by atomic mass is 9.78. The highest BCUT2D eigenvalue weighted by molar-refractivity contribution is 5.88. The molecular weight excluding hydrogens is 536 g/mol. The topological polar surface area (TPSA) is 116 Å². The molecule has 2 aliphatic heterocycles. The van der Waals surface area contributed by atoms with Crippen LogP contribution in [0.25, 0.3) is 22.4 Å². The number of ether oxygens (including phenoxy) is 2. The number of aromatic carboxylic acids is 1. The zero-order valence-corrected chi connectivity index (χ0v) is 25.4. The molecule has 1 saturated heterocycles. The monoisotopic (exact) mass is 576 g/mol. The number of rotatable bonds is 4. The maximum atomic E-state index is 12.7. The largest absolute Gasteiger partial charge is 0.496 e. The molecule has 0 aliphatic carbocycles. The van der Waals surface area contributed by atoms with E-state index < -0.39 is 17.0 Å². The van der Waals surface area contributed by atoms with Crippen LogP contribution in [0.4, 0.5) is 4.79 Å². The molecule has 10 heteroatoms. The first kappa shape index (κ1) is 29.4. The van der Waals surface area contributed by atoms with E-state index in [1.807, 2.05) is 48.5 Å². The summed E-state index contributed by atoms with van der Waals surface area (Å²) in [6.07, 6.45) is 7.29. The Labute approximate surface area is 245 Å². The number of methoxy groups -OCH3 is 1. The normalized spacial score (nSPS) is 17.4. The fourth-order valence-electron chi connectivity index (χ4n) is 5.96. The highest BCUT2D eigenvalue weighted by Crippen LogP contribution is 2.46. The van der Waals surface area contributed by atoms with Crippen LogP contribution in [0.15, 0.2) is 41.6 Å². The van der Waals surface area contributed by atoms with E-state index in [-0.39, 0.29) is 29.2 Å². The van der Waals surface area contributed by atoms with Crippen LogP contribution in [0.5, 0.6) is 5.75 Å². The van der Waals surface area contributed by atoms with Gasteiger partial charge in [0.05, 0.1) is 25.0 Å².